The highest BCUT2D eigenvalue weighted by atomic mass is 16.3. The van der Waals surface area contributed by atoms with Crippen molar-refractivity contribution >= 4 is 0 Å². The summed E-state index contributed by atoms with van der Waals surface area (Å²) in [7, 11) is 0. The standard InChI is InChI=1S/C8H12N2O/c1-8(2)5-10-6(7(8)11)3-4-9-10/h3-4,7,11H,5H2,1-2H3/t7-/m0/s1. The van der Waals surface area contributed by atoms with Gasteiger partial charge in [0.25, 0.3) is 0 Å². The summed E-state index contributed by atoms with van der Waals surface area (Å²) < 4.78 is 1.87. The van der Waals surface area contributed by atoms with E-state index in [1.54, 1.807) is 6.20 Å². The summed E-state index contributed by atoms with van der Waals surface area (Å²) in [6.07, 6.45) is 1.37. The van der Waals surface area contributed by atoms with E-state index in [1.165, 1.54) is 0 Å². The predicted octanol–water partition coefficient (Wildman–Crippen LogP) is 0.956. The Hall–Kier alpha value is -0.830. The molecular formula is C8H12N2O. The maximum atomic E-state index is 9.74. The molecule has 1 aliphatic heterocycles. The highest BCUT2D eigenvalue weighted by molar-refractivity contribution is 5.12. The first kappa shape index (κ1) is 6.85. The molecular weight excluding hydrogens is 140 g/mol. The van der Waals surface area contributed by atoms with Gasteiger partial charge in [0.15, 0.2) is 0 Å². The molecule has 1 aromatic rings. The minimum absolute atomic E-state index is 0.0520. The van der Waals surface area contributed by atoms with Crippen LogP contribution in [0.1, 0.15) is 25.6 Å². The molecule has 3 nitrogen and oxygen atoms in total. The molecule has 1 atom stereocenters. The van der Waals surface area contributed by atoms with Crippen molar-refractivity contribution in [1.82, 2.24) is 9.78 Å². The largest absolute Gasteiger partial charge is 0.386 e. The van der Waals surface area contributed by atoms with Gasteiger partial charge in [-0.3, -0.25) is 4.68 Å². The van der Waals surface area contributed by atoms with Crippen molar-refractivity contribution in [3.05, 3.63) is 18.0 Å². The number of fused-ring (bicyclic) bond motifs is 1. The zero-order chi connectivity index (χ0) is 8.06. The molecule has 0 aliphatic carbocycles. The first-order valence-corrected chi connectivity index (χ1v) is 3.81. The van der Waals surface area contributed by atoms with Crippen molar-refractivity contribution in [3.63, 3.8) is 0 Å². The Morgan fingerprint density at radius 3 is 3.09 bits per heavy atom. The van der Waals surface area contributed by atoms with Crippen LogP contribution in [-0.2, 0) is 6.54 Å². The van der Waals surface area contributed by atoms with Gasteiger partial charge in [-0.15, -0.1) is 0 Å². The average Bonchev–Trinajstić information content (AvgIpc) is 2.39. The van der Waals surface area contributed by atoms with Crippen LogP contribution in [-0.4, -0.2) is 14.9 Å². The number of rotatable bonds is 0. The molecule has 0 saturated heterocycles. The topological polar surface area (TPSA) is 38.0 Å². The van der Waals surface area contributed by atoms with Crippen LogP contribution in [0.4, 0.5) is 0 Å². The molecule has 0 radical (unpaired) electrons. The molecule has 11 heavy (non-hydrogen) atoms. The van der Waals surface area contributed by atoms with E-state index in [4.69, 9.17) is 0 Å². The van der Waals surface area contributed by atoms with Gasteiger partial charge in [-0.05, 0) is 6.07 Å². The Morgan fingerprint density at radius 1 is 1.73 bits per heavy atom. The van der Waals surface area contributed by atoms with E-state index in [1.807, 2.05) is 24.6 Å². The lowest BCUT2D eigenvalue weighted by atomic mass is 9.88. The lowest BCUT2D eigenvalue weighted by molar-refractivity contribution is 0.0645. The summed E-state index contributed by atoms with van der Waals surface area (Å²) in [6, 6.07) is 1.87. The van der Waals surface area contributed by atoms with Crippen molar-refractivity contribution < 1.29 is 5.11 Å². The van der Waals surface area contributed by atoms with E-state index in [0.29, 0.717) is 0 Å². The summed E-state index contributed by atoms with van der Waals surface area (Å²) in [5.41, 5.74) is 0.888. The Bertz CT molecular complexity index is 277. The molecule has 2 heterocycles. The van der Waals surface area contributed by atoms with Crippen LogP contribution in [0, 0.1) is 5.41 Å². The van der Waals surface area contributed by atoms with Crippen LogP contribution >= 0.6 is 0 Å². The Labute approximate surface area is 65.7 Å². The second-order valence-electron chi connectivity index (χ2n) is 3.80. The fraction of sp³-hybridized carbons (Fsp3) is 0.625. The molecule has 0 unspecified atom stereocenters. The third kappa shape index (κ3) is 0.807. The first-order valence-electron chi connectivity index (χ1n) is 3.81. The van der Waals surface area contributed by atoms with Crippen molar-refractivity contribution in [2.45, 2.75) is 26.5 Å². The molecule has 0 fully saturated rings. The molecule has 0 spiro atoms. The predicted molar refractivity (Wildman–Crippen MR) is 41.0 cm³/mol. The summed E-state index contributed by atoms with van der Waals surface area (Å²) in [6.45, 7) is 4.91. The zero-order valence-corrected chi connectivity index (χ0v) is 6.78. The van der Waals surface area contributed by atoms with Crippen LogP contribution in [0.2, 0.25) is 0 Å². The van der Waals surface area contributed by atoms with Crippen molar-refractivity contribution in [2.75, 3.05) is 0 Å². The third-order valence-electron chi connectivity index (χ3n) is 2.33. The lowest BCUT2D eigenvalue weighted by Gasteiger charge is -2.20. The van der Waals surface area contributed by atoms with Crippen molar-refractivity contribution in [2.24, 2.45) is 5.41 Å². The molecule has 0 aromatic carbocycles. The molecule has 1 aromatic heterocycles. The molecule has 1 N–H and O–H groups in total. The van der Waals surface area contributed by atoms with E-state index in [2.05, 4.69) is 5.10 Å². The van der Waals surface area contributed by atoms with Crippen LogP contribution in [0.25, 0.3) is 0 Å². The molecule has 0 amide bonds. The Kier molecular flexibility index (Phi) is 1.16. The first-order chi connectivity index (χ1) is 5.11. The Balaban J connectivity index is 2.45. The summed E-state index contributed by atoms with van der Waals surface area (Å²) in [5.74, 6) is 0. The van der Waals surface area contributed by atoms with Gasteiger partial charge in [0.2, 0.25) is 0 Å². The summed E-state index contributed by atoms with van der Waals surface area (Å²) in [5, 5.41) is 13.8. The normalized spacial score (nSPS) is 27.0. The number of hydrogen-bond donors (Lipinski definition) is 1. The number of nitrogens with zero attached hydrogens (tertiary/aromatic N) is 2. The second kappa shape index (κ2) is 1.85. The van der Waals surface area contributed by atoms with E-state index in [-0.39, 0.29) is 11.5 Å². The SMILES string of the molecule is CC1(C)Cn2nccc2[C@@H]1O. The van der Waals surface area contributed by atoms with E-state index in [9.17, 15) is 5.11 Å². The Morgan fingerprint density at radius 2 is 2.45 bits per heavy atom. The van der Waals surface area contributed by atoms with E-state index in [0.717, 1.165) is 12.2 Å². The van der Waals surface area contributed by atoms with Gasteiger partial charge in [0.1, 0.15) is 6.10 Å². The minimum Gasteiger partial charge on any atom is -0.386 e. The summed E-state index contributed by atoms with van der Waals surface area (Å²) in [4.78, 5) is 0. The molecule has 3 heteroatoms. The second-order valence-corrected chi connectivity index (χ2v) is 3.80. The summed E-state index contributed by atoms with van der Waals surface area (Å²) >= 11 is 0. The number of aliphatic hydroxyl groups excluding tert-OH is 1. The van der Waals surface area contributed by atoms with Gasteiger partial charge in [-0.25, -0.2) is 0 Å². The lowest BCUT2D eigenvalue weighted by Crippen LogP contribution is -2.18. The maximum Gasteiger partial charge on any atom is 0.102 e. The monoisotopic (exact) mass is 152 g/mol. The molecule has 0 saturated carbocycles. The van der Waals surface area contributed by atoms with Crippen LogP contribution in [0.15, 0.2) is 12.3 Å². The fourth-order valence-corrected chi connectivity index (χ4v) is 1.58. The number of hydrogen-bond acceptors (Lipinski definition) is 2. The van der Waals surface area contributed by atoms with Crippen molar-refractivity contribution in [1.29, 1.82) is 0 Å². The zero-order valence-electron chi connectivity index (χ0n) is 6.78. The molecule has 60 valence electrons. The molecule has 0 bridgehead atoms. The van der Waals surface area contributed by atoms with Crippen LogP contribution in [0.3, 0.4) is 0 Å². The van der Waals surface area contributed by atoms with Gasteiger partial charge < -0.3 is 5.11 Å². The maximum absolute atomic E-state index is 9.74. The number of aromatic nitrogens is 2. The fourth-order valence-electron chi connectivity index (χ4n) is 1.58. The third-order valence-corrected chi connectivity index (χ3v) is 2.33. The quantitative estimate of drug-likeness (QED) is 0.601. The molecule has 1 aliphatic rings. The van der Waals surface area contributed by atoms with Gasteiger partial charge in [-0.2, -0.15) is 5.10 Å². The van der Waals surface area contributed by atoms with E-state index >= 15 is 0 Å². The van der Waals surface area contributed by atoms with Gasteiger partial charge in [-0.1, -0.05) is 13.8 Å². The van der Waals surface area contributed by atoms with Crippen LogP contribution < -0.4 is 0 Å². The highest BCUT2D eigenvalue weighted by Gasteiger charge is 2.38. The smallest absolute Gasteiger partial charge is 0.102 e. The molecule has 2 rings (SSSR count). The average molecular weight is 152 g/mol. The van der Waals surface area contributed by atoms with Gasteiger partial charge in [0, 0.05) is 18.2 Å². The van der Waals surface area contributed by atoms with Crippen LogP contribution in [0.5, 0.6) is 0 Å². The van der Waals surface area contributed by atoms with Gasteiger partial charge >= 0.3 is 0 Å². The van der Waals surface area contributed by atoms with Gasteiger partial charge in [0.05, 0.1) is 5.69 Å². The van der Waals surface area contributed by atoms with Crippen molar-refractivity contribution in [3.8, 4) is 0 Å². The minimum atomic E-state index is -0.356. The number of aliphatic hydroxyl groups is 1. The highest BCUT2D eigenvalue weighted by Crippen LogP contribution is 2.40. The van der Waals surface area contributed by atoms with E-state index < -0.39 is 0 Å².